The molecule has 0 aromatic carbocycles. The van der Waals surface area contributed by atoms with Gasteiger partial charge in [0.25, 0.3) is 0 Å². The molecule has 0 bridgehead atoms. The Balaban J connectivity index is 1.76. The standard InChI is InChI=1S/C16H34N4O/c1-18(2)8-9-19-10-12-20(13-11-19)14-16(15-21-3)4-6-17-7-5-16/h17H,4-15H2,1-3H3. The number of rotatable bonds is 7. The van der Waals surface area contributed by atoms with Crippen LogP contribution in [0.4, 0.5) is 0 Å². The summed E-state index contributed by atoms with van der Waals surface area (Å²) < 4.78 is 5.54. The van der Waals surface area contributed by atoms with Gasteiger partial charge in [0.1, 0.15) is 0 Å². The van der Waals surface area contributed by atoms with Crippen molar-refractivity contribution >= 4 is 0 Å². The minimum atomic E-state index is 0.381. The molecule has 0 atom stereocenters. The predicted molar refractivity (Wildman–Crippen MR) is 87.8 cm³/mol. The largest absolute Gasteiger partial charge is 0.384 e. The van der Waals surface area contributed by atoms with Crippen LogP contribution in [-0.2, 0) is 4.74 Å². The van der Waals surface area contributed by atoms with E-state index in [-0.39, 0.29) is 0 Å². The zero-order valence-corrected chi connectivity index (χ0v) is 14.2. The van der Waals surface area contributed by atoms with E-state index < -0.39 is 0 Å². The molecule has 0 aliphatic carbocycles. The molecule has 2 fully saturated rings. The summed E-state index contributed by atoms with van der Waals surface area (Å²) in [5, 5.41) is 3.48. The van der Waals surface area contributed by atoms with Gasteiger partial charge in [0.05, 0.1) is 6.61 Å². The van der Waals surface area contributed by atoms with Crippen LogP contribution in [0.2, 0.25) is 0 Å². The Morgan fingerprint density at radius 1 is 1.05 bits per heavy atom. The summed E-state index contributed by atoms with van der Waals surface area (Å²) >= 11 is 0. The van der Waals surface area contributed by atoms with Crippen LogP contribution in [0.15, 0.2) is 0 Å². The van der Waals surface area contributed by atoms with Gasteiger partial charge in [-0.25, -0.2) is 0 Å². The molecule has 124 valence electrons. The highest BCUT2D eigenvalue weighted by Crippen LogP contribution is 2.30. The highest BCUT2D eigenvalue weighted by atomic mass is 16.5. The summed E-state index contributed by atoms with van der Waals surface area (Å²) in [6.45, 7) is 11.6. The van der Waals surface area contributed by atoms with Crippen LogP contribution in [0.25, 0.3) is 0 Å². The molecule has 0 aromatic heterocycles. The molecule has 0 radical (unpaired) electrons. The Bertz CT molecular complexity index is 278. The fourth-order valence-corrected chi connectivity index (χ4v) is 3.60. The number of methoxy groups -OCH3 is 1. The van der Waals surface area contributed by atoms with Gasteiger partial charge in [-0.3, -0.25) is 4.90 Å². The number of ether oxygens (including phenoxy) is 1. The smallest absolute Gasteiger partial charge is 0.0531 e. The average molecular weight is 298 g/mol. The summed E-state index contributed by atoms with van der Waals surface area (Å²) in [5.41, 5.74) is 0.381. The zero-order valence-electron chi connectivity index (χ0n) is 14.2. The van der Waals surface area contributed by atoms with E-state index in [2.05, 4.69) is 34.1 Å². The maximum absolute atomic E-state index is 5.54. The van der Waals surface area contributed by atoms with E-state index in [1.807, 2.05) is 7.11 Å². The van der Waals surface area contributed by atoms with Gasteiger partial charge in [0.15, 0.2) is 0 Å². The van der Waals surface area contributed by atoms with E-state index in [0.29, 0.717) is 5.41 Å². The van der Waals surface area contributed by atoms with Gasteiger partial charge in [0.2, 0.25) is 0 Å². The van der Waals surface area contributed by atoms with Gasteiger partial charge in [-0.2, -0.15) is 0 Å². The van der Waals surface area contributed by atoms with Crippen molar-refractivity contribution in [3.05, 3.63) is 0 Å². The summed E-state index contributed by atoms with van der Waals surface area (Å²) in [6, 6.07) is 0. The van der Waals surface area contributed by atoms with Crippen molar-refractivity contribution in [1.29, 1.82) is 0 Å². The highest BCUT2D eigenvalue weighted by molar-refractivity contribution is 4.89. The Morgan fingerprint density at radius 2 is 1.67 bits per heavy atom. The van der Waals surface area contributed by atoms with Crippen LogP contribution in [0.3, 0.4) is 0 Å². The third-order valence-electron chi connectivity index (χ3n) is 5.00. The molecule has 0 unspecified atom stereocenters. The molecule has 2 heterocycles. The van der Waals surface area contributed by atoms with Crippen molar-refractivity contribution < 1.29 is 4.74 Å². The lowest BCUT2D eigenvalue weighted by molar-refractivity contribution is 0.00809. The molecule has 2 aliphatic rings. The second-order valence-corrected chi connectivity index (χ2v) is 7.10. The first kappa shape index (κ1) is 17.2. The van der Waals surface area contributed by atoms with Crippen molar-refractivity contribution in [1.82, 2.24) is 20.0 Å². The predicted octanol–water partition coefficient (Wildman–Crippen LogP) is 0.182. The van der Waals surface area contributed by atoms with E-state index in [9.17, 15) is 0 Å². The van der Waals surface area contributed by atoms with Crippen molar-refractivity contribution in [3.8, 4) is 0 Å². The Hall–Kier alpha value is -0.200. The molecule has 1 N–H and O–H groups in total. The van der Waals surface area contributed by atoms with Crippen LogP contribution in [0.1, 0.15) is 12.8 Å². The molecule has 21 heavy (non-hydrogen) atoms. The number of piperazine rings is 1. The third kappa shape index (κ3) is 5.49. The minimum absolute atomic E-state index is 0.381. The van der Waals surface area contributed by atoms with E-state index in [1.54, 1.807) is 0 Å². The van der Waals surface area contributed by atoms with Crippen LogP contribution in [0, 0.1) is 5.41 Å². The average Bonchev–Trinajstić information content (AvgIpc) is 2.47. The molecular weight excluding hydrogens is 264 g/mol. The van der Waals surface area contributed by atoms with E-state index in [0.717, 1.165) is 19.7 Å². The van der Waals surface area contributed by atoms with Crippen molar-refractivity contribution in [2.45, 2.75) is 12.8 Å². The van der Waals surface area contributed by atoms with Gasteiger partial charge in [-0.15, -0.1) is 0 Å². The van der Waals surface area contributed by atoms with Crippen LogP contribution in [-0.4, -0.2) is 101 Å². The molecular formula is C16H34N4O. The number of hydrogen-bond acceptors (Lipinski definition) is 5. The minimum Gasteiger partial charge on any atom is -0.384 e. The molecule has 0 amide bonds. The van der Waals surface area contributed by atoms with Gasteiger partial charge in [-0.1, -0.05) is 0 Å². The normalized spacial score (nSPS) is 24.6. The van der Waals surface area contributed by atoms with Crippen LogP contribution < -0.4 is 5.32 Å². The maximum Gasteiger partial charge on any atom is 0.0531 e. The van der Waals surface area contributed by atoms with Crippen LogP contribution >= 0.6 is 0 Å². The number of piperidine rings is 1. The molecule has 0 spiro atoms. The quantitative estimate of drug-likeness (QED) is 0.725. The van der Waals surface area contributed by atoms with Crippen molar-refractivity contribution in [2.75, 3.05) is 86.7 Å². The van der Waals surface area contributed by atoms with Gasteiger partial charge in [-0.05, 0) is 40.0 Å². The molecule has 2 rings (SSSR count). The fraction of sp³-hybridized carbons (Fsp3) is 1.00. The summed E-state index contributed by atoms with van der Waals surface area (Å²) in [6.07, 6.45) is 2.50. The zero-order chi connectivity index (χ0) is 15.1. The number of nitrogens with one attached hydrogen (secondary N) is 1. The number of hydrogen-bond donors (Lipinski definition) is 1. The maximum atomic E-state index is 5.54. The first-order chi connectivity index (χ1) is 10.1. The second-order valence-electron chi connectivity index (χ2n) is 7.10. The van der Waals surface area contributed by atoms with Gasteiger partial charge < -0.3 is 19.9 Å². The lowest BCUT2D eigenvalue weighted by Gasteiger charge is -2.43. The molecule has 5 heteroatoms. The van der Waals surface area contributed by atoms with Crippen molar-refractivity contribution in [3.63, 3.8) is 0 Å². The van der Waals surface area contributed by atoms with Gasteiger partial charge >= 0.3 is 0 Å². The summed E-state index contributed by atoms with van der Waals surface area (Å²) in [5.74, 6) is 0. The molecule has 0 saturated carbocycles. The van der Waals surface area contributed by atoms with Gasteiger partial charge in [0, 0.05) is 58.3 Å². The molecule has 0 aromatic rings. The van der Waals surface area contributed by atoms with Crippen LogP contribution in [0.5, 0.6) is 0 Å². The first-order valence-corrected chi connectivity index (χ1v) is 8.43. The lowest BCUT2D eigenvalue weighted by atomic mass is 9.79. The second kappa shape index (κ2) is 8.44. The molecule has 2 aliphatic heterocycles. The molecule has 5 nitrogen and oxygen atoms in total. The number of likely N-dealkylation sites (N-methyl/N-ethyl adjacent to an activating group) is 1. The monoisotopic (exact) mass is 298 g/mol. The summed E-state index contributed by atoms with van der Waals surface area (Å²) in [7, 11) is 6.16. The third-order valence-corrected chi connectivity index (χ3v) is 5.00. The SMILES string of the molecule is COCC1(CN2CCN(CCN(C)C)CC2)CCNCC1. The van der Waals surface area contributed by atoms with Crippen molar-refractivity contribution in [2.24, 2.45) is 5.41 Å². The highest BCUT2D eigenvalue weighted by Gasteiger charge is 2.34. The van der Waals surface area contributed by atoms with E-state index >= 15 is 0 Å². The topological polar surface area (TPSA) is 31.0 Å². The Morgan fingerprint density at radius 3 is 2.24 bits per heavy atom. The first-order valence-electron chi connectivity index (χ1n) is 8.43. The Kier molecular flexibility index (Phi) is 6.89. The van der Waals surface area contributed by atoms with E-state index in [4.69, 9.17) is 4.74 Å². The summed E-state index contributed by atoms with van der Waals surface area (Å²) in [4.78, 5) is 7.54. The Labute approximate surface area is 130 Å². The number of nitrogens with zero attached hydrogens (tertiary/aromatic N) is 3. The molecule has 2 saturated heterocycles. The fourth-order valence-electron chi connectivity index (χ4n) is 3.60. The van der Waals surface area contributed by atoms with E-state index in [1.165, 1.54) is 58.7 Å². The lowest BCUT2D eigenvalue weighted by Crippen LogP contribution is -2.53.